The second-order valence-electron chi connectivity index (χ2n) is 4.31. The average molecular weight is 190 g/mol. The van der Waals surface area contributed by atoms with Crippen molar-refractivity contribution in [3.05, 3.63) is 30.3 Å². The van der Waals surface area contributed by atoms with Crippen LogP contribution in [0.4, 0.5) is 5.69 Å². The predicted octanol–water partition coefficient (Wildman–Crippen LogP) is 2.24. The molecule has 0 aromatic heterocycles. The molecule has 1 aromatic rings. The lowest BCUT2D eigenvalue weighted by Crippen LogP contribution is -2.42. The minimum atomic E-state index is 0.288. The van der Waals surface area contributed by atoms with Crippen molar-refractivity contribution in [3.8, 4) is 0 Å². The summed E-state index contributed by atoms with van der Waals surface area (Å²) in [6, 6.07) is 10.4. The fourth-order valence-electron chi connectivity index (χ4n) is 1.96. The van der Waals surface area contributed by atoms with Crippen LogP contribution in [0.25, 0.3) is 0 Å². The van der Waals surface area contributed by atoms with Gasteiger partial charge in [-0.15, -0.1) is 0 Å². The number of benzene rings is 1. The van der Waals surface area contributed by atoms with Gasteiger partial charge in [0.05, 0.1) is 0 Å². The summed E-state index contributed by atoms with van der Waals surface area (Å²) >= 11 is 0. The molecule has 0 radical (unpaired) electrons. The molecule has 1 atom stereocenters. The second kappa shape index (κ2) is 4.01. The van der Waals surface area contributed by atoms with Crippen LogP contribution in [0.15, 0.2) is 30.3 Å². The van der Waals surface area contributed by atoms with E-state index in [-0.39, 0.29) is 5.54 Å². The first-order chi connectivity index (χ1) is 6.79. The van der Waals surface area contributed by atoms with Crippen LogP contribution in [-0.2, 0) is 0 Å². The first-order valence-corrected chi connectivity index (χ1v) is 5.32. The zero-order chi connectivity index (χ0) is 9.86. The molecule has 0 unspecified atom stereocenters. The summed E-state index contributed by atoms with van der Waals surface area (Å²) in [6.45, 7) is 4.46. The molecule has 1 aliphatic heterocycles. The molecular weight excluding hydrogens is 172 g/mol. The Kier molecular flexibility index (Phi) is 2.73. The molecule has 14 heavy (non-hydrogen) atoms. The topological polar surface area (TPSA) is 24.1 Å². The van der Waals surface area contributed by atoms with E-state index in [1.165, 1.54) is 18.5 Å². The van der Waals surface area contributed by atoms with Crippen LogP contribution in [0.2, 0.25) is 0 Å². The number of hydrogen-bond acceptors (Lipinski definition) is 2. The van der Waals surface area contributed by atoms with E-state index in [0.29, 0.717) is 0 Å². The van der Waals surface area contributed by atoms with E-state index in [1.54, 1.807) is 0 Å². The van der Waals surface area contributed by atoms with Crippen LogP contribution in [0, 0.1) is 0 Å². The number of para-hydroxylation sites is 1. The second-order valence-corrected chi connectivity index (χ2v) is 4.31. The molecular formula is C12H18N2. The van der Waals surface area contributed by atoms with Crippen LogP contribution >= 0.6 is 0 Å². The van der Waals surface area contributed by atoms with Gasteiger partial charge in [0, 0.05) is 17.8 Å². The molecule has 1 heterocycles. The van der Waals surface area contributed by atoms with Gasteiger partial charge in [-0.25, -0.2) is 0 Å². The molecule has 2 rings (SSSR count). The molecule has 2 heteroatoms. The van der Waals surface area contributed by atoms with E-state index in [1.807, 2.05) is 6.07 Å². The molecule has 76 valence electrons. The summed E-state index contributed by atoms with van der Waals surface area (Å²) < 4.78 is 0. The predicted molar refractivity (Wildman–Crippen MR) is 60.6 cm³/mol. The third-order valence-electron chi connectivity index (χ3n) is 2.91. The Bertz CT molecular complexity index is 276. The van der Waals surface area contributed by atoms with Gasteiger partial charge < -0.3 is 10.6 Å². The zero-order valence-electron chi connectivity index (χ0n) is 8.72. The standard InChI is InChI=1S/C12H18N2/c1-12(8-5-9-14-12)10-13-11-6-3-2-4-7-11/h2-4,6-7,13-14H,5,8-10H2,1H3/t12-/m0/s1. The van der Waals surface area contributed by atoms with Gasteiger partial charge in [0.1, 0.15) is 0 Å². The maximum atomic E-state index is 3.54. The molecule has 0 spiro atoms. The highest BCUT2D eigenvalue weighted by Crippen LogP contribution is 2.19. The van der Waals surface area contributed by atoms with E-state index in [0.717, 1.165) is 13.1 Å². The third kappa shape index (κ3) is 2.26. The Balaban J connectivity index is 1.88. The number of hydrogen-bond donors (Lipinski definition) is 2. The van der Waals surface area contributed by atoms with Gasteiger partial charge in [0.2, 0.25) is 0 Å². The monoisotopic (exact) mass is 190 g/mol. The van der Waals surface area contributed by atoms with Gasteiger partial charge in [-0.1, -0.05) is 18.2 Å². The first-order valence-electron chi connectivity index (χ1n) is 5.32. The summed E-state index contributed by atoms with van der Waals surface area (Å²) in [6.07, 6.45) is 2.57. The Labute approximate surface area is 85.7 Å². The molecule has 0 bridgehead atoms. The van der Waals surface area contributed by atoms with Gasteiger partial charge in [-0.2, -0.15) is 0 Å². The lowest BCUT2D eigenvalue weighted by atomic mass is 10.0. The lowest BCUT2D eigenvalue weighted by Gasteiger charge is -2.25. The fourth-order valence-corrected chi connectivity index (χ4v) is 1.96. The molecule has 0 amide bonds. The Morgan fingerprint density at radius 2 is 2.14 bits per heavy atom. The summed E-state index contributed by atoms with van der Waals surface area (Å²) in [5.74, 6) is 0. The van der Waals surface area contributed by atoms with Crippen molar-refractivity contribution < 1.29 is 0 Å². The molecule has 0 saturated carbocycles. The Hall–Kier alpha value is -1.02. The smallest absolute Gasteiger partial charge is 0.0340 e. The summed E-state index contributed by atoms with van der Waals surface area (Å²) in [7, 11) is 0. The Morgan fingerprint density at radius 1 is 1.36 bits per heavy atom. The summed E-state index contributed by atoms with van der Waals surface area (Å²) in [5.41, 5.74) is 1.50. The van der Waals surface area contributed by atoms with Gasteiger partial charge in [0.15, 0.2) is 0 Å². The Morgan fingerprint density at radius 3 is 2.79 bits per heavy atom. The number of rotatable bonds is 3. The highest BCUT2D eigenvalue weighted by Gasteiger charge is 2.27. The van der Waals surface area contributed by atoms with Crippen molar-refractivity contribution in [1.82, 2.24) is 5.32 Å². The minimum Gasteiger partial charge on any atom is -0.383 e. The van der Waals surface area contributed by atoms with Gasteiger partial charge in [0.25, 0.3) is 0 Å². The first kappa shape index (κ1) is 9.53. The van der Waals surface area contributed by atoms with E-state index in [9.17, 15) is 0 Å². The van der Waals surface area contributed by atoms with Gasteiger partial charge in [-0.05, 0) is 38.4 Å². The van der Waals surface area contributed by atoms with Crippen molar-refractivity contribution in [2.45, 2.75) is 25.3 Å². The molecule has 1 aromatic carbocycles. The van der Waals surface area contributed by atoms with Crippen molar-refractivity contribution in [3.63, 3.8) is 0 Å². The van der Waals surface area contributed by atoms with Crippen LogP contribution in [0.3, 0.4) is 0 Å². The molecule has 1 fully saturated rings. The van der Waals surface area contributed by atoms with Crippen molar-refractivity contribution in [2.24, 2.45) is 0 Å². The van der Waals surface area contributed by atoms with Crippen LogP contribution in [0.5, 0.6) is 0 Å². The third-order valence-corrected chi connectivity index (χ3v) is 2.91. The normalized spacial score (nSPS) is 26.4. The maximum absolute atomic E-state index is 3.54. The number of nitrogens with one attached hydrogen (secondary N) is 2. The van der Waals surface area contributed by atoms with Crippen molar-refractivity contribution in [1.29, 1.82) is 0 Å². The fraction of sp³-hybridized carbons (Fsp3) is 0.500. The van der Waals surface area contributed by atoms with Crippen LogP contribution in [0.1, 0.15) is 19.8 Å². The quantitative estimate of drug-likeness (QED) is 0.764. The summed E-state index contributed by atoms with van der Waals surface area (Å²) in [5, 5.41) is 7.01. The zero-order valence-corrected chi connectivity index (χ0v) is 8.72. The SMILES string of the molecule is C[C@@]1(CNc2ccccc2)CCCN1. The highest BCUT2D eigenvalue weighted by molar-refractivity contribution is 5.42. The molecule has 1 saturated heterocycles. The summed E-state index contributed by atoms with van der Waals surface area (Å²) in [4.78, 5) is 0. The minimum absolute atomic E-state index is 0.288. The van der Waals surface area contributed by atoms with Crippen LogP contribution < -0.4 is 10.6 Å². The molecule has 0 aliphatic carbocycles. The molecule has 2 N–H and O–H groups in total. The largest absolute Gasteiger partial charge is 0.383 e. The van der Waals surface area contributed by atoms with Gasteiger partial charge >= 0.3 is 0 Å². The van der Waals surface area contributed by atoms with E-state index < -0.39 is 0 Å². The van der Waals surface area contributed by atoms with E-state index in [4.69, 9.17) is 0 Å². The highest BCUT2D eigenvalue weighted by atomic mass is 15.0. The van der Waals surface area contributed by atoms with E-state index in [2.05, 4.69) is 41.8 Å². The molecule has 2 nitrogen and oxygen atoms in total. The van der Waals surface area contributed by atoms with Gasteiger partial charge in [-0.3, -0.25) is 0 Å². The van der Waals surface area contributed by atoms with Crippen LogP contribution in [-0.4, -0.2) is 18.6 Å². The lowest BCUT2D eigenvalue weighted by molar-refractivity contribution is 0.439. The van der Waals surface area contributed by atoms with Crippen molar-refractivity contribution >= 4 is 5.69 Å². The maximum Gasteiger partial charge on any atom is 0.0340 e. The van der Waals surface area contributed by atoms with E-state index >= 15 is 0 Å². The number of anilines is 1. The molecule has 1 aliphatic rings. The average Bonchev–Trinajstić information content (AvgIpc) is 2.65. The van der Waals surface area contributed by atoms with Crippen molar-refractivity contribution in [2.75, 3.05) is 18.4 Å².